The highest BCUT2D eigenvalue weighted by Gasteiger charge is 2.16. The number of hydrogen-bond donors (Lipinski definition) is 1. The molecule has 2 rings (SSSR count). The van der Waals surface area contributed by atoms with Crippen LogP contribution in [-0.2, 0) is 23.4 Å². The first kappa shape index (κ1) is 13.7. The number of rotatable bonds is 3. The molecule has 7 heteroatoms. The van der Waals surface area contributed by atoms with Crippen LogP contribution in [0.5, 0.6) is 0 Å². The van der Waals surface area contributed by atoms with Crippen LogP contribution in [0.15, 0.2) is 29.3 Å². The van der Waals surface area contributed by atoms with Crippen molar-refractivity contribution in [2.45, 2.75) is 11.4 Å². The molecular weight excluding hydrogens is 269 g/mol. The fraction of sp³-hybridized carbons (Fsp3) is 0.250. The van der Waals surface area contributed by atoms with Gasteiger partial charge in [-0.25, -0.2) is 12.8 Å². The van der Waals surface area contributed by atoms with Crippen molar-refractivity contribution in [3.63, 3.8) is 0 Å². The topological polar surface area (TPSA) is 78.0 Å². The van der Waals surface area contributed by atoms with Gasteiger partial charge in [-0.2, -0.15) is 5.10 Å². The Hall–Kier alpha value is -1.73. The second kappa shape index (κ2) is 4.75. The van der Waals surface area contributed by atoms with E-state index in [2.05, 4.69) is 5.10 Å². The van der Waals surface area contributed by atoms with Gasteiger partial charge >= 0.3 is 0 Å². The lowest BCUT2D eigenvalue weighted by atomic mass is 10.1. The van der Waals surface area contributed by atoms with Crippen molar-refractivity contribution in [3.8, 4) is 11.3 Å². The molecule has 1 aromatic heterocycles. The summed E-state index contributed by atoms with van der Waals surface area (Å²) in [5.74, 6) is -0.784. The van der Waals surface area contributed by atoms with Gasteiger partial charge < -0.3 is 5.73 Å². The summed E-state index contributed by atoms with van der Waals surface area (Å²) in [5.41, 5.74) is 7.43. The van der Waals surface area contributed by atoms with Gasteiger partial charge in [-0.15, -0.1) is 0 Å². The summed E-state index contributed by atoms with van der Waals surface area (Å²) in [6, 6.07) is 3.94. The van der Waals surface area contributed by atoms with Crippen LogP contribution in [0.3, 0.4) is 0 Å². The Kier molecular flexibility index (Phi) is 3.42. The average Bonchev–Trinajstić information content (AvgIpc) is 2.68. The van der Waals surface area contributed by atoms with Gasteiger partial charge in [0.25, 0.3) is 0 Å². The molecule has 2 aromatic rings. The predicted molar refractivity (Wildman–Crippen MR) is 69.6 cm³/mol. The molecule has 0 saturated carbocycles. The third kappa shape index (κ3) is 2.66. The number of aromatic nitrogens is 2. The first-order chi connectivity index (χ1) is 8.82. The van der Waals surface area contributed by atoms with Crippen molar-refractivity contribution in [1.29, 1.82) is 0 Å². The second-order valence-corrected chi connectivity index (χ2v) is 6.28. The lowest BCUT2D eigenvalue weighted by Gasteiger charge is -2.04. The monoisotopic (exact) mass is 283 g/mol. The molecule has 5 nitrogen and oxygen atoms in total. The Labute approximate surface area is 110 Å². The van der Waals surface area contributed by atoms with Crippen LogP contribution in [-0.4, -0.2) is 24.5 Å². The van der Waals surface area contributed by atoms with Gasteiger partial charge in [-0.3, -0.25) is 4.68 Å². The molecule has 102 valence electrons. The maximum atomic E-state index is 13.8. The minimum absolute atomic E-state index is 0.276. The summed E-state index contributed by atoms with van der Waals surface area (Å²) >= 11 is 0. The molecule has 0 aliphatic rings. The highest BCUT2D eigenvalue weighted by atomic mass is 32.2. The lowest BCUT2D eigenvalue weighted by Crippen LogP contribution is -2.01. The normalized spacial score (nSPS) is 11.8. The number of aryl methyl sites for hydroxylation is 1. The Balaban J connectivity index is 2.56. The number of halogens is 1. The molecule has 0 saturated heterocycles. The molecule has 1 aromatic carbocycles. The summed E-state index contributed by atoms with van der Waals surface area (Å²) in [6.07, 6.45) is 2.72. The molecule has 19 heavy (non-hydrogen) atoms. The quantitative estimate of drug-likeness (QED) is 0.914. The minimum atomic E-state index is -3.57. The third-order valence-electron chi connectivity index (χ3n) is 2.73. The van der Waals surface area contributed by atoms with Crippen LogP contribution in [0.2, 0.25) is 0 Å². The molecule has 1 heterocycles. The molecule has 0 atom stereocenters. The molecule has 2 N–H and O–H groups in total. The van der Waals surface area contributed by atoms with E-state index in [9.17, 15) is 12.8 Å². The highest BCUT2D eigenvalue weighted by Crippen LogP contribution is 2.25. The predicted octanol–water partition coefficient (Wildman–Crippen LogP) is 1.09. The standard InChI is InChI=1S/C12H14FN3O2S/c1-16-7-9(6-14)12(15-16)8-3-4-11(10(13)5-8)19(2,17)18/h3-5,7H,6,14H2,1-2H3. The SMILES string of the molecule is Cn1cc(CN)c(-c2ccc(S(C)(=O)=O)c(F)c2)n1. The molecule has 0 spiro atoms. The molecule has 0 aliphatic heterocycles. The number of nitrogens with two attached hydrogens (primary N) is 1. The molecule has 0 unspecified atom stereocenters. The molecule has 0 radical (unpaired) electrons. The van der Waals surface area contributed by atoms with Gasteiger partial charge in [-0.05, 0) is 12.1 Å². The van der Waals surface area contributed by atoms with Gasteiger partial charge in [0.05, 0.1) is 5.69 Å². The van der Waals surface area contributed by atoms with E-state index >= 15 is 0 Å². The summed E-state index contributed by atoms with van der Waals surface area (Å²) in [7, 11) is -1.83. The van der Waals surface area contributed by atoms with E-state index in [1.54, 1.807) is 17.9 Å². The van der Waals surface area contributed by atoms with Crippen molar-refractivity contribution < 1.29 is 12.8 Å². The minimum Gasteiger partial charge on any atom is -0.326 e. The molecule has 0 bridgehead atoms. The van der Waals surface area contributed by atoms with Crippen LogP contribution in [0, 0.1) is 5.82 Å². The van der Waals surface area contributed by atoms with Crippen LogP contribution in [0.1, 0.15) is 5.56 Å². The van der Waals surface area contributed by atoms with E-state index < -0.39 is 15.7 Å². The number of hydrogen-bond acceptors (Lipinski definition) is 4. The van der Waals surface area contributed by atoms with E-state index in [1.807, 2.05) is 0 Å². The first-order valence-corrected chi connectivity index (χ1v) is 7.44. The van der Waals surface area contributed by atoms with E-state index in [0.29, 0.717) is 11.3 Å². The zero-order valence-electron chi connectivity index (χ0n) is 10.6. The molecule has 0 aliphatic carbocycles. The van der Waals surface area contributed by atoms with E-state index in [4.69, 9.17) is 5.73 Å². The van der Waals surface area contributed by atoms with Gasteiger partial charge in [0.1, 0.15) is 10.7 Å². The van der Waals surface area contributed by atoms with Crippen molar-refractivity contribution >= 4 is 9.84 Å². The smallest absolute Gasteiger partial charge is 0.178 e. The maximum absolute atomic E-state index is 13.8. The van der Waals surface area contributed by atoms with Gasteiger partial charge in [0, 0.05) is 37.2 Å². The Bertz CT molecular complexity index is 723. The fourth-order valence-corrected chi connectivity index (χ4v) is 2.61. The highest BCUT2D eigenvalue weighted by molar-refractivity contribution is 7.90. The van der Waals surface area contributed by atoms with E-state index in [1.165, 1.54) is 12.1 Å². The van der Waals surface area contributed by atoms with E-state index in [0.717, 1.165) is 17.9 Å². The molecule has 0 fully saturated rings. The number of benzene rings is 1. The van der Waals surface area contributed by atoms with Gasteiger partial charge in [0.2, 0.25) is 0 Å². The Morgan fingerprint density at radius 3 is 2.63 bits per heavy atom. The largest absolute Gasteiger partial charge is 0.326 e. The van der Waals surface area contributed by atoms with Crippen LogP contribution in [0.25, 0.3) is 11.3 Å². The van der Waals surface area contributed by atoms with Crippen molar-refractivity contribution in [1.82, 2.24) is 9.78 Å². The third-order valence-corrected chi connectivity index (χ3v) is 3.86. The first-order valence-electron chi connectivity index (χ1n) is 5.55. The fourth-order valence-electron chi connectivity index (χ4n) is 1.88. The Morgan fingerprint density at radius 2 is 2.11 bits per heavy atom. The maximum Gasteiger partial charge on any atom is 0.178 e. The summed E-state index contributed by atoms with van der Waals surface area (Å²) in [6.45, 7) is 0.276. The average molecular weight is 283 g/mol. The van der Waals surface area contributed by atoms with Crippen LogP contribution in [0.4, 0.5) is 4.39 Å². The van der Waals surface area contributed by atoms with Crippen molar-refractivity contribution in [3.05, 3.63) is 35.8 Å². The summed E-state index contributed by atoms with van der Waals surface area (Å²) in [4.78, 5) is -0.318. The van der Waals surface area contributed by atoms with E-state index in [-0.39, 0.29) is 11.4 Å². The van der Waals surface area contributed by atoms with Crippen LogP contribution >= 0.6 is 0 Å². The number of sulfone groups is 1. The molecular formula is C12H14FN3O2S. The van der Waals surface area contributed by atoms with Gasteiger partial charge in [0.15, 0.2) is 9.84 Å². The zero-order chi connectivity index (χ0) is 14.2. The number of nitrogens with zero attached hydrogens (tertiary/aromatic N) is 2. The zero-order valence-corrected chi connectivity index (χ0v) is 11.4. The van der Waals surface area contributed by atoms with Gasteiger partial charge in [-0.1, -0.05) is 6.07 Å². The van der Waals surface area contributed by atoms with Crippen molar-refractivity contribution in [2.24, 2.45) is 12.8 Å². The van der Waals surface area contributed by atoms with Crippen LogP contribution < -0.4 is 5.73 Å². The second-order valence-electron chi connectivity index (χ2n) is 4.30. The van der Waals surface area contributed by atoms with Crippen molar-refractivity contribution in [2.75, 3.05) is 6.26 Å². The molecule has 0 amide bonds. The Morgan fingerprint density at radius 1 is 1.42 bits per heavy atom. The summed E-state index contributed by atoms with van der Waals surface area (Å²) < 4.78 is 38.1. The summed E-state index contributed by atoms with van der Waals surface area (Å²) in [5, 5.41) is 4.21. The lowest BCUT2D eigenvalue weighted by molar-refractivity contribution is 0.571.